The van der Waals surface area contributed by atoms with Gasteiger partial charge in [-0.2, -0.15) is 0 Å². The molecule has 0 aromatic carbocycles. The van der Waals surface area contributed by atoms with Crippen molar-refractivity contribution in [3.8, 4) is 0 Å². The predicted octanol–water partition coefficient (Wildman–Crippen LogP) is 1.61. The summed E-state index contributed by atoms with van der Waals surface area (Å²) in [6, 6.07) is 1.78. The van der Waals surface area contributed by atoms with E-state index < -0.39 is 0 Å². The Morgan fingerprint density at radius 2 is 1.86 bits per heavy atom. The molecule has 2 aliphatic carbocycles. The minimum absolute atomic E-state index is 0.814. The molecule has 1 saturated heterocycles. The maximum Gasteiger partial charge on any atom is 0.0195 e. The van der Waals surface area contributed by atoms with Gasteiger partial charge in [-0.25, -0.2) is 0 Å². The third-order valence-corrected chi connectivity index (χ3v) is 3.87. The molecule has 0 radical (unpaired) electrons. The van der Waals surface area contributed by atoms with Crippen molar-refractivity contribution in [2.75, 3.05) is 19.6 Å². The third-order valence-electron chi connectivity index (χ3n) is 3.87. The Balaban J connectivity index is 1.49. The zero-order valence-electron chi connectivity index (χ0n) is 9.04. The Hall–Kier alpha value is -0.0800. The van der Waals surface area contributed by atoms with Crippen molar-refractivity contribution in [2.24, 2.45) is 5.92 Å². The monoisotopic (exact) mass is 194 g/mol. The van der Waals surface area contributed by atoms with Gasteiger partial charge >= 0.3 is 0 Å². The molecule has 2 saturated carbocycles. The molecule has 14 heavy (non-hydrogen) atoms. The van der Waals surface area contributed by atoms with Crippen LogP contribution in [0.1, 0.15) is 38.5 Å². The third kappa shape index (κ3) is 2.29. The molecule has 3 aliphatic rings. The molecule has 0 aromatic rings. The van der Waals surface area contributed by atoms with Crippen molar-refractivity contribution >= 4 is 0 Å². The standard InChI is InChI=1S/C12H22N2/c1-2-11(13-7-1)9-14(12-5-6-12)8-10-3-4-10/h10-13H,1-9H2/t11-/m1/s1. The lowest BCUT2D eigenvalue weighted by Gasteiger charge is -2.25. The van der Waals surface area contributed by atoms with E-state index in [1.807, 2.05) is 0 Å². The molecule has 80 valence electrons. The van der Waals surface area contributed by atoms with Crippen LogP contribution in [0.4, 0.5) is 0 Å². The van der Waals surface area contributed by atoms with E-state index in [-0.39, 0.29) is 0 Å². The smallest absolute Gasteiger partial charge is 0.0195 e. The summed E-state index contributed by atoms with van der Waals surface area (Å²) in [5.74, 6) is 1.07. The summed E-state index contributed by atoms with van der Waals surface area (Å²) >= 11 is 0. The van der Waals surface area contributed by atoms with Gasteiger partial charge in [-0.05, 0) is 51.0 Å². The quantitative estimate of drug-likeness (QED) is 0.715. The second-order valence-corrected chi connectivity index (χ2v) is 5.42. The largest absolute Gasteiger partial charge is 0.313 e. The molecule has 3 rings (SSSR count). The van der Waals surface area contributed by atoms with Gasteiger partial charge in [-0.1, -0.05) is 0 Å². The van der Waals surface area contributed by atoms with Gasteiger partial charge in [0.2, 0.25) is 0 Å². The second kappa shape index (κ2) is 3.82. The molecular weight excluding hydrogens is 172 g/mol. The highest BCUT2D eigenvalue weighted by Gasteiger charge is 2.34. The van der Waals surface area contributed by atoms with Crippen molar-refractivity contribution in [3.05, 3.63) is 0 Å². The molecule has 3 fully saturated rings. The average Bonchev–Trinajstić information content (AvgIpc) is 3.07. The van der Waals surface area contributed by atoms with Gasteiger partial charge in [0, 0.05) is 25.2 Å². The first-order valence-electron chi connectivity index (χ1n) is 6.39. The maximum absolute atomic E-state index is 3.62. The lowest BCUT2D eigenvalue weighted by molar-refractivity contribution is 0.230. The van der Waals surface area contributed by atoms with Crippen LogP contribution in [0.2, 0.25) is 0 Å². The van der Waals surface area contributed by atoms with Gasteiger partial charge in [0.25, 0.3) is 0 Å². The Morgan fingerprint density at radius 1 is 1.00 bits per heavy atom. The van der Waals surface area contributed by atoms with Gasteiger partial charge in [0.05, 0.1) is 0 Å². The van der Waals surface area contributed by atoms with Crippen molar-refractivity contribution < 1.29 is 0 Å². The van der Waals surface area contributed by atoms with Crippen LogP contribution in [-0.2, 0) is 0 Å². The summed E-state index contributed by atoms with van der Waals surface area (Å²) < 4.78 is 0. The topological polar surface area (TPSA) is 15.3 Å². The molecule has 1 aliphatic heterocycles. The van der Waals surface area contributed by atoms with Crippen LogP contribution in [0.5, 0.6) is 0 Å². The highest BCUT2D eigenvalue weighted by Crippen LogP contribution is 2.35. The molecule has 2 nitrogen and oxygen atoms in total. The van der Waals surface area contributed by atoms with Gasteiger partial charge in [0.1, 0.15) is 0 Å². The molecule has 0 bridgehead atoms. The van der Waals surface area contributed by atoms with E-state index in [2.05, 4.69) is 10.2 Å². The summed E-state index contributed by atoms with van der Waals surface area (Å²) in [7, 11) is 0. The second-order valence-electron chi connectivity index (χ2n) is 5.42. The first-order valence-corrected chi connectivity index (χ1v) is 6.39. The van der Waals surface area contributed by atoms with Crippen LogP contribution >= 0.6 is 0 Å². The van der Waals surface area contributed by atoms with Gasteiger partial charge < -0.3 is 5.32 Å². The Bertz CT molecular complexity index is 190. The summed E-state index contributed by atoms with van der Waals surface area (Å²) in [5, 5.41) is 3.62. The Labute approximate surface area is 87.0 Å². The summed E-state index contributed by atoms with van der Waals surface area (Å²) in [4.78, 5) is 2.78. The minimum atomic E-state index is 0.814. The summed E-state index contributed by atoms with van der Waals surface area (Å²) in [6.45, 7) is 4.00. The molecule has 1 N–H and O–H groups in total. The van der Waals surface area contributed by atoms with E-state index in [1.54, 1.807) is 0 Å². The van der Waals surface area contributed by atoms with Crippen LogP contribution in [0.25, 0.3) is 0 Å². The van der Waals surface area contributed by atoms with Crippen LogP contribution < -0.4 is 5.32 Å². The average molecular weight is 194 g/mol. The lowest BCUT2D eigenvalue weighted by Crippen LogP contribution is -2.39. The van der Waals surface area contributed by atoms with E-state index >= 15 is 0 Å². The molecule has 1 heterocycles. The fraction of sp³-hybridized carbons (Fsp3) is 1.00. The highest BCUT2D eigenvalue weighted by atomic mass is 15.2. The van der Waals surface area contributed by atoms with E-state index in [0.717, 1.165) is 18.0 Å². The zero-order valence-corrected chi connectivity index (χ0v) is 9.04. The fourth-order valence-corrected chi connectivity index (χ4v) is 2.64. The molecule has 2 heteroatoms. The number of hydrogen-bond acceptors (Lipinski definition) is 2. The van der Waals surface area contributed by atoms with Gasteiger partial charge in [0.15, 0.2) is 0 Å². The molecule has 0 aromatic heterocycles. The van der Waals surface area contributed by atoms with Crippen molar-refractivity contribution in [3.63, 3.8) is 0 Å². The lowest BCUT2D eigenvalue weighted by atomic mass is 10.2. The highest BCUT2D eigenvalue weighted by molar-refractivity contribution is 4.91. The first kappa shape index (κ1) is 9.17. The predicted molar refractivity (Wildman–Crippen MR) is 58.3 cm³/mol. The van der Waals surface area contributed by atoms with Crippen molar-refractivity contribution in [1.82, 2.24) is 10.2 Å². The molecular formula is C12H22N2. The summed E-state index contributed by atoms with van der Waals surface area (Å²) in [6.07, 6.45) is 8.75. The number of rotatable bonds is 5. The van der Waals surface area contributed by atoms with Crippen LogP contribution in [0, 0.1) is 5.92 Å². The van der Waals surface area contributed by atoms with E-state index in [9.17, 15) is 0 Å². The molecule has 1 atom stereocenters. The molecule has 0 spiro atoms. The van der Waals surface area contributed by atoms with Crippen LogP contribution in [0.3, 0.4) is 0 Å². The Morgan fingerprint density at radius 3 is 2.43 bits per heavy atom. The SMILES string of the molecule is C1CN[C@@H](CN(CC2CC2)C2CC2)C1. The van der Waals surface area contributed by atoms with Crippen molar-refractivity contribution in [1.29, 1.82) is 0 Å². The van der Waals surface area contributed by atoms with Crippen LogP contribution in [0.15, 0.2) is 0 Å². The van der Waals surface area contributed by atoms with Crippen LogP contribution in [-0.4, -0.2) is 36.6 Å². The van der Waals surface area contributed by atoms with E-state index in [0.29, 0.717) is 0 Å². The van der Waals surface area contributed by atoms with Crippen molar-refractivity contribution in [2.45, 2.75) is 50.6 Å². The summed E-state index contributed by atoms with van der Waals surface area (Å²) in [5.41, 5.74) is 0. The van der Waals surface area contributed by atoms with E-state index in [1.165, 1.54) is 58.2 Å². The molecule has 0 amide bonds. The van der Waals surface area contributed by atoms with E-state index in [4.69, 9.17) is 0 Å². The van der Waals surface area contributed by atoms with Gasteiger partial charge in [-0.15, -0.1) is 0 Å². The zero-order chi connectivity index (χ0) is 9.38. The number of nitrogens with zero attached hydrogens (tertiary/aromatic N) is 1. The fourth-order valence-electron chi connectivity index (χ4n) is 2.64. The minimum Gasteiger partial charge on any atom is -0.313 e. The first-order chi connectivity index (χ1) is 6.92. The Kier molecular flexibility index (Phi) is 2.50. The molecule has 0 unspecified atom stereocenters. The number of hydrogen-bond donors (Lipinski definition) is 1. The maximum atomic E-state index is 3.62. The normalized spacial score (nSPS) is 32.8. The number of nitrogens with one attached hydrogen (secondary N) is 1. The van der Waals surface area contributed by atoms with Gasteiger partial charge in [-0.3, -0.25) is 4.90 Å².